The molecule has 33 heavy (non-hydrogen) atoms. The lowest BCUT2D eigenvalue weighted by atomic mass is 10.1. The molecule has 0 radical (unpaired) electrons. The fourth-order valence-corrected chi connectivity index (χ4v) is 4.46. The van der Waals surface area contributed by atoms with Crippen molar-refractivity contribution in [1.29, 1.82) is 0 Å². The molecular weight excluding hydrogens is 459 g/mol. The van der Waals surface area contributed by atoms with Crippen LogP contribution in [0.4, 0.5) is 5.69 Å². The average Bonchev–Trinajstić information content (AvgIpc) is 3.30. The maximum absolute atomic E-state index is 13.5. The maximum atomic E-state index is 13.5. The van der Waals surface area contributed by atoms with Crippen LogP contribution in [0, 0.1) is 0 Å². The molecule has 5 rings (SSSR count). The lowest BCUT2D eigenvalue weighted by molar-refractivity contribution is 0.0741. The van der Waals surface area contributed by atoms with Gasteiger partial charge in [-0.05, 0) is 36.4 Å². The molecule has 7 nitrogen and oxygen atoms in total. The van der Waals surface area contributed by atoms with Crippen LogP contribution in [0.15, 0.2) is 73.1 Å². The van der Waals surface area contributed by atoms with E-state index in [4.69, 9.17) is 23.2 Å². The maximum Gasteiger partial charge on any atom is 0.276 e. The summed E-state index contributed by atoms with van der Waals surface area (Å²) in [7, 11) is 0. The second kappa shape index (κ2) is 9.21. The fraction of sp³-hybridized carbons (Fsp3) is 0.167. The molecule has 0 aliphatic carbocycles. The van der Waals surface area contributed by atoms with Gasteiger partial charge < -0.3 is 9.80 Å². The zero-order valence-electron chi connectivity index (χ0n) is 17.6. The monoisotopic (exact) mass is 478 g/mol. The number of carbonyl (C=O) groups excluding carboxylic acids is 1. The standard InChI is InChI=1S/C24H20Cl2N6O/c25-18-7-1-3-9-20(18)30-12-14-31(15-13-30)24(33)22-23(17-6-5-11-27-16-17)32(29-28-22)21-10-4-2-8-19(21)26/h1-11,16H,12-15H2. The third-order valence-electron chi connectivity index (χ3n) is 5.65. The summed E-state index contributed by atoms with van der Waals surface area (Å²) in [5.74, 6) is -0.175. The summed E-state index contributed by atoms with van der Waals surface area (Å²) in [5.41, 5.74) is 3.20. The molecule has 2 aromatic carbocycles. The summed E-state index contributed by atoms with van der Waals surface area (Å²) in [6.45, 7) is 2.46. The van der Waals surface area contributed by atoms with Crippen molar-refractivity contribution >= 4 is 34.8 Å². The normalized spacial score (nSPS) is 13.9. The molecule has 0 spiro atoms. The van der Waals surface area contributed by atoms with E-state index in [1.165, 1.54) is 0 Å². The SMILES string of the molecule is O=C(c1nnn(-c2ccccc2Cl)c1-c1cccnc1)N1CCN(c2ccccc2Cl)CC1. The Balaban J connectivity index is 1.46. The molecule has 0 atom stereocenters. The fourth-order valence-electron chi connectivity index (χ4n) is 3.99. The van der Waals surface area contributed by atoms with E-state index in [1.807, 2.05) is 54.6 Å². The Labute approximate surface area is 201 Å². The smallest absolute Gasteiger partial charge is 0.276 e. The molecule has 1 fully saturated rings. The van der Waals surface area contributed by atoms with E-state index in [0.29, 0.717) is 47.6 Å². The first-order valence-electron chi connectivity index (χ1n) is 10.5. The minimum absolute atomic E-state index is 0.175. The molecule has 0 N–H and O–H groups in total. The van der Waals surface area contributed by atoms with Crippen LogP contribution in [-0.4, -0.2) is 57.0 Å². The number of anilines is 1. The molecule has 4 aromatic rings. The lowest BCUT2D eigenvalue weighted by Gasteiger charge is -2.36. The number of benzene rings is 2. The van der Waals surface area contributed by atoms with Gasteiger partial charge in [-0.3, -0.25) is 9.78 Å². The lowest BCUT2D eigenvalue weighted by Crippen LogP contribution is -2.49. The van der Waals surface area contributed by atoms with Crippen molar-refractivity contribution in [3.05, 3.63) is 88.8 Å². The number of halogens is 2. The van der Waals surface area contributed by atoms with Gasteiger partial charge in [-0.1, -0.05) is 52.7 Å². The molecule has 1 amide bonds. The highest BCUT2D eigenvalue weighted by molar-refractivity contribution is 6.33. The van der Waals surface area contributed by atoms with Gasteiger partial charge in [0, 0.05) is 44.1 Å². The van der Waals surface area contributed by atoms with Crippen molar-refractivity contribution in [3.63, 3.8) is 0 Å². The van der Waals surface area contributed by atoms with E-state index in [2.05, 4.69) is 20.2 Å². The number of amides is 1. The van der Waals surface area contributed by atoms with Crippen LogP contribution in [0.2, 0.25) is 10.0 Å². The molecule has 166 valence electrons. The average molecular weight is 479 g/mol. The minimum atomic E-state index is -0.175. The second-order valence-corrected chi connectivity index (χ2v) is 8.44. The Morgan fingerprint density at radius 3 is 2.12 bits per heavy atom. The van der Waals surface area contributed by atoms with E-state index >= 15 is 0 Å². The first-order valence-corrected chi connectivity index (χ1v) is 11.3. The number of para-hydroxylation sites is 2. The largest absolute Gasteiger partial charge is 0.367 e. The predicted octanol–water partition coefficient (Wildman–Crippen LogP) is 4.60. The third-order valence-corrected chi connectivity index (χ3v) is 6.29. The number of aromatic nitrogens is 4. The van der Waals surface area contributed by atoms with E-state index in [1.54, 1.807) is 28.0 Å². The highest BCUT2D eigenvalue weighted by Gasteiger charge is 2.29. The third kappa shape index (κ3) is 4.17. The van der Waals surface area contributed by atoms with E-state index in [0.717, 1.165) is 11.3 Å². The van der Waals surface area contributed by atoms with Crippen LogP contribution in [0.1, 0.15) is 10.5 Å². The van der Waals surface area contributed by atoms with E-state index in [-0.39, 0.29) is 11.6 Å². The van der Waals surface area contributed by atoms with Crippen LogP contribution >= 0.6 is 23.2 Å². The number of hydrogen-bond acceptors (Lipinski definition) is 5. The van der Waals surface area contributed by atoms with Gasteiger partial charge in [0.15, 0.2) is 5.69 Å². The molecule has 0 bridgehead atoms. The summed E-state index contributed by atoms with van der Waals surface area (Å²) < 4.78 is 1.60. The molecule has 2 aromatic heterocycles. The Bertz CT molecular complexity index is 1290. The van der Waals surface area contributed by atoms with Crippen molar-refractivity contribution in [3.8, 4) is 16.9 Å². The van der Waals surface area contributed by atoms with Gasteiger partial charge in [0.25, 0.3) is 5.91 Å². The quantitative estimate of drug-likeness (QED) is 0.428. The number of rotatable bonds is 4. The van der Waals surface area contributed by atoms with E-state index in [9.17, 15) is 4.79 Å². The Morgan fingerprint density at radius 1 is 0.818 bits per heavy atom. The number of nitrogens with zero attached hydrogens (tertiary/aromatic N) is 6. The number of carbonyl (C=O) groups is 1. The number of pyridine rings is 1. The van der Waals surface area contributed by atoms with Gasteiger partial charge in [-0.2, -0.15) is 0 Å². The van der Waals surface area contributed by atoms with Gasteiger partial charge in [0.05, 0.1) is 21.4 Å². The molecule has 3 heterocycles. The first kappa shape index (κ1) is 21.4. The Hall–Kier alpha value is -3.42. The molecule has 9 heteroatoms. The molecule has 1 saturated heterocycles. The first-order chi connectivity index (χ1) is 16.1. The van der Waals surface area contributed by atoms with Crippen molar-refractivity contribution < 1.29 is 4.79 Å². The van der Waals surface area contributed by atoms with Crippen molar-refractivity contribution in [2.75, 3.05) is 31.1 Å². The number of piperazine rings is 1. The molecule has 0 unspecified atom stereocenters. The van der Waals surface area contributed by atoms with Crippen LogP contribution in [0.5, 0.6) is 0 Å². The van der Waals surface area contributed by atoms with Gasteiger partial charge in [-0.25, -0.2) is 4.68 Å². The molecular formula is C24H20Cl2N6O. The van der Waals surface area contributed by atoms with Gasteiger partial charge in [-0.15, -0.1) is 5.10 Å². The summed E-state index contributed by atoms with van der Waals surface area (Å²) in [4.78, 5) is 21.8. The summed E-state index contributed by atoms with van der Waals surface area (Å²) in [5, 5.41) is 9.79. The molecule has 1 aliphatic heterocycles. The predicted molar refractivity (Wildman–Crippen MR) is 129 cm³/mol. The van der Waals surface area contributed by atoms with E-state index < -0.39 is 0 Å². The van der Waals surface area contributed by atoms with Crippen LogP contribution in [-0.2, 0) is 0 Å². The minimum Gasteiger partial charge on any atom is -0.367 e. The molecule has 1 aliphatic rings. The van der Waals surface area contributed by atoms with Crippen LogP contribution in [0.25, 0.3) is 16.9 Å². The Kier molecular flexibility index (Phi) is 5.98. The summed E-state index contributed by atoms with van der Waals surface area (Å²) >= 11 is 12.8. The topological polar surface area (TPSA) is 67.2 Å². The van der Waals surface area contributed by atoms with Crippen molar-refractivity contribution in [2.45, 2.75) is 0 Å². The van der Waals surface area contributed by atoms with Crippen LogP contribution in [0.3, 0.4) is 0 Å². The Morgan fingerprint density at radius 2 is 1.48 bits per heavy atom. The number of hydrogen-bond donors (Lipinski definition) is 0. The van der Waals surface area contributed by atoms with Crippen molar-refractivity contribution in [1.82, 2.24) is 24.9 Å². The van der Waals surface area contributed by atoms with Gasteiger partial charge in [0.2, 0.25) is 0 Å². The van der Waals surface area contributed by atoms with Crippen LogP contribution < -0.4 is 4.90 Å². The highest BCUT2D eigenvalue weighted by atomic mass is 35.5. The zero-order valence-corrected chi connectivity index (χ0v) is 19.1. The van der Waals surface area contributed by atoms with Crippen molar-refractivity contribution in [2.24, 2.45) is 0 Å². The summed E-state index contributed by atoms with van der Waals surface area (Å²) in [6, 6.07) is 18.8. The van der Waals surface area contributed by atoms with Gasteiger partial charge in [0.1, 0.15) is 5.69 Å². The molecule has 0 saturated carbocycles. The second-order valence-electron chi connectivity index (χ2n) is 7.62. The summed E-state index contributed by atoms with van der Waals surface area (Å²) in [6.07, 6.45) is 3.38. The zero-order chi connectivity index (χ0) is 22.8. The highest BCUT2D eigenvalue weighted by Crippen LogP contribution is 2.30. The van der Waals surface area contributed by atoms with Gasteiger partial charge >= 0.3 is 0 Å².